The summed E-state index contributed by atoms with van der Waals surface area (Å²) in [6, 6.07) is 17.0. The lowest BCUT2D eigenvalue weighted by Crippen LogP contribution is -2.42. The minimum absolute atomic E-state index is 0.331. The number of benzene rings is 3. The van der Waals surface area contributed by atoms with Crippen LogP contribution in [0.25, 0.3) is 22.3 Å². The normalized spacial score (nSPS) is 19.3. The van der Waals surface area contributed by atoms with E-state index >= 15 is 0 Å². The second-order valence-electron chi connectivity index (χ2n) is 11.1. The molecule has 212 valence electrons. The number of carbonyl (C=O) groups is 1. The Morgan fingerprint density at radius 1 is 1.02 bits per heavy atom. The first-order valence-electron chi connectivity index (χ1n) is 14.4. The predicted molar refractivity (Wildman–Crippen MR) is 164 cm³/mol. The summed E-state index contributed by atoms with van der Waals surface area (Å²) in [4.78, 5) is 15.4. The lowest BCUT2D eigenvalue weighted by molar-refractivity contribution is 0.0692. The summed E-state index contributed by atoms with van der Waals surface area (Å²) in [6.07, 6.45) is 15.0. The largest absolute Gasteiger partial charge is 0.497 e. The van der Waals surface area contributed by atoms with E-state index in [2.05, 4.69) is 40.0 Å². The summed E-state index contributed by atoms with van der Waals surface area (Å²) >= 11 is 1.66. The van der Waals surface area contributed by atoms with Gasteiger partial charge >= 0.3 is 5.97 Å². The SMILES string of the molecule is COc1ccc(-c2cc3c(cc2-c2ccc(F)c(C(=O)O)c2)SN[C@H](C2CCCCC2)CN3C2=CC=CCC2)cc1. The minimum atomic E-state index is -1.28. The van der Waals surface area contributed by atoms with Crippen molar-refractivity contribution in [1.82, 2.24) is 4.72 Å². The maximum Gasteiger partial charge on any atom is 0.338 e. The van der Waals surface area contributed by atoms with Gasteiger partial charge in [0.05, 0.1) is 18.4 Å². The topological polar surface area (TPSA) is 61.8 Å². The van der Waals surface area contributed by atoms with Gasteiger partial charge in [0.2, 0.25) is 0 Å². The van der Waals surface area contributed by atoms with Crippen LogP contribution in [-0.4, -0.2) is 30.8 Å². The third-order valence-electron chi connectivity index (χ3n) is 8.56. The Kier molecular flexibility index (Phi) is 8.17. The molecule has 3 aromatic rings. The van der Waals surface area contributed by atoms with Crippen LogP contribution < -0.4 is 14.4 Å². The third-order valence-corrected chi connectivity index (χ3v) is 9.52. The van der Waals surface area contributed by atoms with E-state index in [0.717, 1.165) is 52.4 Å². The number of nitrogens with one attached hydrogen (secondary N) is 1. The molecule has 7 heteroatoms. The highest BCUT2D eigenvalue weighted by Gasteiger charge is 2.32. The van der Waals surface area contributed by atoms with Gasteiger partial charge in [-0.3, -0.25) is 4.72 Å². The summed E-state index contributed by atoms with van der Waals surface area (Å²) < 4.78 is 23.7. The molecule has 0 radical (unpaired) electrons. The van der Waals surface area contributed by atoms with Crippen LogP contribution in [0.2, 0.25) is 0 Å². The van der Waals surface area contributed by atoms with Crippen molar-refractivity contribution in [1.29, 1.82) is 0 Å². The van der Waals surface area contributed by atoms with E-state index in [1.165, 1.54) is 49.9 Å². The molecular formula is C34H35FN2O3S. The Hall–Kier alpha value is -3.55. The number of methoxy groups -OCH3 is 1. The summed E-state index contributed by atoms with van der Waals surface area (Å²) in [6.45, 7) is 0.894. The molecule has 3 aliphatic rings. The van der Waals surface area contributed by atoms with Gasteiger partial charge in [0.15, 0.2) is 0 Å². The molecule has 1 fully saturated rings. The Bertz CT molecular complexity index is 1490. The fraction of sp³-hybridized carbons (Fsp3) is 0.324. The van der Waals surface area contributed by atoms with Crippen LogP contribution in [0.15, 0.2) is 83.4 Å². The number of halogens is 1. The third kappa shape index (κ3) is 5.79. The Morgan fingerprint density at radius 2 is 1.78 bits per heavy atom. The number of allylic oxidation sites excluding steroid dienone is 4. The van der Waals surface area contributed by atoms with Gasteiger partial charge in [0.25, 0.3) is 0 Å². The molecule has 1 heterocycles. The van der Waals surface area contributed by atoms with E-state index in [0.29, 0.717) is 17.5 Å². The summed E-state index contributed by atoms with van der Waals surface area (Å²) in [7, 11) is 1.64. The molecule has 3 aromatic carbocycles. The molecule has 0 saturated heterocycles. The maximum atomic E-state index is 14.4. The van der Waals surface area contributed by atoms with Crippen LogP contribution in [0, 0.1) is 11.7 Å². The van der Waals surface area contributed by atoms with Crippen LogP contribution in [-0.2, 0) is 0 Å². The molecule has 0 bridgehead atoms. The van der Waals surface area contributed by atoms with E-state index in [4.69, 9.17) is 4.74 Å². The van der Waals surface area contributed by atoms with Crippen molar-refractivity contribution in [3.05, 3.63) is 89.9 Å². The van der Waals surface area contributed by atoms with Crippen LogP contribution in [0.5, 0.6) is 5.75 Å². The minimum Gasteiger partial charge on any atom is -0.497 e. The van der Waals surface area contributed by atoms with E-state index in [9.17, 15) is 14.3 Å². The number of ether oxygens (including phenoxy) is 1. The van der Waals surface area contributed by atoms with E-state index in [1.807, 2.05) is 24.3 Å². The summed E-state index contributed by atoms with van der Waals surface area (Å²) in [5.41, 5.74) is 5.58. The molecule has 1 aliphatic heterocycles. The van der Waals surface area contributed by atoms with E-state index in [1.54, 1.807) is 25.1 Å². The lowest BCUT2D eigenvalue weighted by Gasteiger charge is -2.35. The van der Waals surface area contributed by atoms with Crippen molar-refractivity contribution in [3.63, 3.8) is 0 Å². The molecule has 6 rings (SSSR count). The summed E-state index contributed by atoms with van der Waals surface area (Å²) in [5.74, 6) is -0.629. The summed E-state index contributed by atoms with van der Waals surface area (Å²) in [5, 5.41) is 9.66. The Balaban J connectivity index is 1.52. The van der Waals surface area contributed by atoms with Gasteiger partial charge in [-0.15, -0.1) is 0 Å². The maximum absolute atomic E-state index is 14.4. The van der Waals surface area contributed by atoms with Crippen molar-refractivity contribution in [2.45, 2.75) is 55.9 Å². The number of fused-ring (bicyclic) bond motifs is 1. The average Bonchev–Trinajstić information content (AvgIpc) is 3.21. The van der Waals surface area contributed by atoms with Gasteiger partial charge in [-0.1, -0.05) is 49.6 Å². The molecule has 1 saturated carbocycles. The molecular weight excluding hydrogens is 535 g/mol. The molecule has 1 atom stereocenters. The molecule has 0 spiro atoms. The van der Waals surface area contributed by atoms with Crippen molar-refractivity contribution in [3.8, 4) is 28.0 Å². The quantitative estimate of drug-likeness (QED) is 0.290. The van der Waals surface area contributed by atoms with Crippen molar-refractivity contribution >= 4 is 23.6 Å². The van der Waals surface area contributed by atoms with Gasteiger partial charge in [-0.2, -0.15) is 0 Å². The first-order chi connectivity index (χ1) is 20.0. The smallest absolute Gasteiger partial charge is 0.338 e. The standard InChI is InChI=1S/C34H35FN2O3S/c1-40-26-15-12-22(13-16-26)27-19-32-33(20-28(27)24-14-17-30(35)29(18-24)34(38)39)41-36-31(23-8-4-2-5-9-23)21-37(32)25-10-6-3-7-11-25/h3,6,10,12-20,23,31,36H,2,4-5,7-9,11,21H2,1H3,(H,38,39)/t31-/m0/s1. The monoisotopic (exact) mass is 570 g/mol. The van der Waals surface area contributed by atoms with Crippen LogP contribution in [0.1, 0.15) is 55.3 Å². The number of aromatic carboxylic acids is 1. The second-order valence-corrected chi connectivity index (χ2v) is 11.9. The number of hydrogen-bond acceptors (Lipinski definition) is 5. The van der Waals surface area contributed by atoms with Crippen molar-refractivity contribution < 1.29 is 19.0 Å². The highest BCUT2D eigenvalue weighted by atomic mass is 32.2. The number of carboxylic acids is 1. The van der Waals surface area contributed by atoms with E-state index < -0.39 is 11.8 Å². The van der Waals surface area contributed by atoms with Crippen molar-refractivity contribution in [2.75, 3.05) is 18.6 Å². The van der Waals surface area contributed by atoms with Crippen LogP contribution >= 0.6 is 11.9 Å². The molecule has 0 aromatic heterocycles. The van der Waals surface area contributed by atoms with Gasteiger partial charge in [-0.05, 0) is 108 Å². The molecule has 0 unspecified atom stereocenters. The van der Waals surface area contributed by atoms with Gasteiger partial charge in [0, 0.05) is 23.2 Å². The Morgan fingerprint density at radius 3 is 2.49 bits per heavy atom. The lowest BCUT2D eigenvalue weighted by atomic mass is 9.84. The molecule has 2 N–H and O–H groups in total. The second kappa shape index (κ2) is 12.1. The fourth-order valence-corrected chi connectivity index (χ4v) is 7.30. The zero-order valence-corrected chi connectivity index (χ0v) is 24.1. The van der Waals surface area contributed by atoms with Gasteiger partial charge in [0.1, 0.15) is 11.6 Å². The highest BCUT2D eigenvalue weighted by Crippen LogP contribution is 2.45. The average molecular weight is 571 g/mol. The fourth-order valence-electron chi connectivity index (χ4n) is 6.31. The number of carboxylic acid groups (broad SMARTS) is 1. The van der Waals surface area contributed by atoms with E-state index in [-0.39, 0.29) is 5.56 Å². The van der Waals surface area contributed by atoms with Crippen LogP contribution in [0.3, 0.4) is 0 Å². The zero-order valence-electron chi connectivity index (χ0n) is 23.2. The first-order valence-corrected chi connectivity index (χ1v) is 15.2. The number of nitrogens with zero attached hydrogens (tertiary/aromatic N) is 1. The number of hydrogen-bond donors (Lipinski definition) is 2. The zero-order chi connectivity index (χ0) is 28.3. The number of anilines is 1. The molecule has 41 heavy (non-hydrogen) atoms. The molecule has 5 nitrogen and oxygen atoms in total. The Labute approximate surface area is 245 Å². The predicted octanol–water partition coefficient (Wildman–Crippen LogP) is 8.47. The number of rotatable bonds is 6. The molecule has 2 aliphatic carbocycles. The molecule has 0 amide bonds. The van der Waals surface area contributed by atoms with Gasteiger partial charge in [-0.25, -0.2) is 9.18 Å². The van der Waals surface area contributed by atoms with Gasteiger partial charge < -0.3 is 14.7 Å². The first kappa shape index (κ1) is 27.6. The van der Waals surface area contributed by atoms with Crippen molar-refractivity contribution in [2.24, 2.45) is 5.92 Å². The van der Waals surface area contributed by atoms with Crippen LogP contribution in [0.4, 0.5) is 10.1 Å². The highest BCUT2D eigenvalue weighted by molar-refractivity contribution is 7.97.